The summed E-state index contributed by atoms with van der Waals surface area (Å²) < 4.78 is 13.9. The molecular weight excluding hydrogens is 307 g/mol. The highest BCUT2D eigenvalue weighted by Crippen LogP contribution is 2.29. The molecule has 1 saturated heterocycles. The van der Waals surface area contributed by atoms with Gasteiger partial charge in [0.1, 0.15) is 5.82 Å². The number of halogens is 2. The van der Waals surface area contributed by atoms with Gasteiger partial charge in [-0.05, 0) is 72.0 Å². The Hall–Kier alpha value is -0.450. The van der Waals surface area contributed by atoms with Crippen molar-refractivity contribution in [3.63, 3.8) is 0 Å². The molecule has 19 heavy (non-hydrogen) atoms. The summed E-state index contributed by atoms with van der Waals surface area (Å²) in [4.78, 5) is 2.38. The molecule has 0 radical (unpaired) electrons. The van der Waals surface area contributed by atoms with Crippen LogP contribution in [0.25, 0.3) is 0 Å². The number of hydrogen-bond acceptors (Lipinski definition) is 2. The van der Waals surface area contributed by atoms with Crippen LogP contribution in [0.3, 0.4) is 0 Å². The molecule has 0 saturated carbocycles. The molecule has 1 N–H and O–H groups in total. The maximum atomic E-state index is 13.4. The molecule has 0 atom stereocenters. The second-order valence-corrected chi connectivity index (χ2v) is 6.82. The SMILES string of the molecule is CN1CCC(C)(CNCc2ccc(Br)c(F)c2)CC1. The molecule has 1 aromatic rings. The first-order chi connectivity index (χ1) is 8.98. The number of rotatable bonds is 4. The van der Waals surface area contributed by atoms with Crippen LogP contribution in [0, 0.1) is 11.2 Å². The van der Waals surface area contributed by atoms with Gasteiger partial charge in [0.25, 0.3) is 0 Å². The summed E-state index contributed by atoms with van der Waals surface area (Å²) in [6.07, 6.45) is 2.45. The first-order valence-corrected chi connectivity index (χ1v) is 7.61. The minimum absolute atomic E-state index is 0.190. The van der Waals surface area contributed by atoms with E-state index in [9.17, 15) is 4.39 Å². The fourth-order valence-electron chi connectivity index (χ4n) is 2.49. The highest BCUT2D eigenvalue weighted by atomic mass is 79.9. The van der Waals surface area contributed by atoms with E-state index in [1.165, 1.54) is 25.9 Å². The molecule has 0 aromatic heterocycles. The molecule has 2 rings (SSSR count). The van der Waals surface area contributed by atoms with Crippen LogP contribution in [-0.2, 0) is 6.54 Å². The van der Waals surface area contributed by atoms with E-state index in [0.717, 1.165) is 18.7 Å². The van der Waals surface area contributed by atoms with Gasteiger partial charge in [0.15, 0.2) is 0 Å². The number of hydrogen-bond donors (Lipinski definition) is 1. The van der Waals surface area contributed by atoms with Crippen LogP contribution in [0.15, 0.2) is 22.7 Å². The van der Waals surface area contributed by atoms with Crippen LogP contribution >= 0.6 is 15.9 Å². The molecule has 1 fully saturated rings. The molecule has 0 bridgehead atoms. The Morgan fingerprint density at radius 2 is 2.05 bits per heavy atom. The Morgan fingerprint density at radius 3 is 2.68 bits per heavy atom. The van der Waals surface area contributed by atoms with Crippen molar-refractivity contribution in [2.45, 2.75) is 26.3 Å². The van der Waals surface area contributed by atoms with E-state index in [4.69, 9.17) is 0 Å². The minimum atomic E-state index is -0.190. The van der Waals surface area contributed by atoms with E-state index in [2.05, 4.69) is 40.1 Å². The van der Waals surface area contributed by atoms with Gasteiger partial charge in [-0.1, -0.05) is 13.0 Å². The number of nitrogens with one attached hydrogen (secondary N) is 1. The first kappa shape index (κ1) is 14.9. The third-order valence-corrected chi connectivity index (χ3v) is 4.70. The zero-order chi connectivity index (χ0) is 13.9. The maximum absolute atomic E-state index is 13.4. The Labute approximate surface area is 123 Å². The first-order valence-electron chi connectivity index (χ1n) is 6.82. The van der Waals surface area contributed by atoms with Gasteiger partial charge in [-0.3, -0.25) is 0 Å². The van der Waals surface area contributed by atoms with Gasteiger partial charge >= 0.3 is 0 Å². The van der Waals surface area contributed by atoms with Gasteiger partial charge in [-0.25, -0.2) is 4.39 Å². The summed E-state index contributed by atoms with van der Waals surface area (Å²) >= 11 is 3.17. The van der Waals surface area contributed by atoms with E-state index in [1.54, 1.807) is 12.1 Å². The van der Waals surface area contributed by atoms with Gasteiger partial charge in [-0.2, -0.15) is 0 Å². The topological polar surface area (TPSA) is 15.3 Å². The van der Waals surface area contributed by atoms with E-state index in [1.807, 2.05) is 6.07 Å². The standard InChI is InChI=1S/C15H22BrFN2/c1-15(5-7-19(2)8-6-15)11-18-10-12-3-4-13(16)14(17)9-12/h3-4,9,18H,5-8,10-11H2,1-2H3. The molecular formula is C15H22BrFN2. The molecule has 1 aromatic carbocycles. The second kappa shape index (κ2) is 6.33. The summed E-state index contributed by atoms with van der Waals surface area (Å²) in [6.45, 7) is 6.42. The summed E-state index contributed by atoms with van der Waals surface area (Å²) in [7, 11) is 2.18. The smallest absolute Gasteiger partial charge is 0.137 e. The summed E-state index contributed by atoms with van der Waals surface area (Å²) in [5, 5.41) is 3.47. The van der Waals surface area contributed by atoms with Crippen LogP contribution in [0.4, 0.5) is 4.39 Å². The fraction of sp³-hybridized carbons (Fsp3) is 0.600. The molecule has 0 amide bonds. The highest BCUT2D eigenvalue weighted by molar-refractivity contribution is 9.10. The Bertz CT molecular complexity index is 428. The third-order valence-electron chi connectivity index (χ3n) is 4.06. The number of likely N-dealkylation sites (tertiary alicyclic amines) is 1. The minimum Gasteiger partial charge on any atom is -0.312 e. The maximum Gasteiger partial charge on any atom is 0.137 e. The Morgan fingerprint density at radius 1 is 1.37 bits per heavy atom. The highest BCUT2D eigenvalue weighted by Gasteiger charge is 2.28. The van der Waals surface area contributed by atoms with E-state index in [0.29, 0.717) is 9.89 Å². The van der Waals surface area contributed by atoms with Gasteiger partial charge < -0.3 is 10.2 Å². The van der Waals surface area contributed by atoms with Crippen LogP contribution in [0.1, 0.15) is 25.3 Å². The molecule has 4 heteroatoms. The third kappa shape index (κ3) is 4.26. The van der Waals surface area contributed by atoms with Crippen molar-refractivity contribution in [3.8, 4) is 0 Å². The fourth-order valence-corrected chi connectivity index (χ4v) is 2.74. The lowest BCUT2D eigenvalue weighted by atomic mass is 9.80. The van der Waals surface area contributed by atoms with Gasteiger partial charge in [0.2, 0.25) is 0 Å². The summed E-state index contributed by atoms with van der Waals surface area (Å²) in [6, 6.07) is 5.31. The summed E-state index contributed by atoms with van der Waals surface area (Å²) in [5.41, 5.74) is 1.37. The van der Waals surface area contributed by atoms with E-state index >= 15 is 0 Å². The lowest BCUT2D eigenvalue weighted by molar-refractivity contribution is 0.137. The molecule has 0 unspecified atom stereocenters. The zero-order valence-electron chi connectivity index (χ0n) is 11.7. The van der Waals surface area contributed by atoms with Gasteiger partial charge in [0, 0.05) is 13.1 Å². The largest absolute Gasteiger partial charge is 0.312 e. The van der Waals surface area contributed by atoms with Gasteiger partial charge in [-0.15, -0.1) is 0 Å². The Kier molecular flexibility index (Phi) is 4.98. The van der Waals surface area contributed by atoms with Crippen LogP contribution in [-0.4, -0.2) is 31.6 Å². The average molecular weight is 329 g/mol. The summed E-state index contributed by atoms with van der Waals surface area (Å²) in [5.74, 6) is -0.190. The van der Waals surface area contributed by atoms with Gasteiger partial charge in [0.05, 0.1) is 4.47 Å². The van der Waals surface area contributed by atoms with Crippen molar-refractivity contribution < 1.29 is 4.39 Å². The average Bonchev–Trinajstić information content (AvgIpc) is 2.38. The number of benzene rings is 1. The second-order valence-electron chi connectivity index (χ2n) is 5.97. The zero-order valence-corrected chi connectivity index (χ0v) is 13.3. The lowest BCUT2D eigenvalue weighted by Gasteiger charge is -2.38. The van der Waals surface area contributed by atoms with E-state index < -0.39 is 0 Å². The monoisotopic (exact) mass is 328 g/mol. The Balaban J connectivity index is 1.81. The van der Waals surface area contributed by atoms with Crippen molar-refractivity contribution in [2.24, 2.45) is 5.41 Å². The molecule has 1 aliphatic rings. The molecule has 0 aliphatic carbocycles. The number of piperidine rings is 1. The van der Waals surface area contributed by atoms with Crippen LogP contribution in [0.5, 0.6) is 0 Å². The van der Waals surface area contributed by atoms with Crippen molar-refractivity contribution in [1.82, 2.24) is 10.2 Å². The van der Waals surface area contributed by atoms with E-state index in [-0.39, 0.29) is 5.82 Å². The van der Waals surface area contributed by atoms with Crippen molar-refractivity contribution in [3.05, 3.63) is 34.1 Å². The molecule has 0 spiro atoms. The predicted octanol–water partition coefficient (Wildman–Crippen LogP) is 3.41. The van der Waals surface area contributed by atoms with Crippen molar-refractivity contribution in [1.29, 1.82) is 0 Å². The van der Waals surface area contributed by atoms with Crippen molar-refractivity contribution in [2.75, 3.05) is 26.7 Å². The predicted molar refractivity (Wildman–Crippen MR) is 80.6 cm³/mol. The molecule has 1 heterocycles. The van der Waals surface area contributed by atoms with Crippen LogP contribution in [0.2, 0.25) is 0 Å². The quantitative estimate of drug-likeness (QED) is 0.911. The molecule has 2 nitrogen and oxygen atoms in total. The normalized spacial score (nSPS) is 19.6. The number of nitrogens with zero attached hydrogens (tertiary/aromatic N) is 1. The molecule has 1 aliphatic heterocycles. The molecule has 106 valence electrons. The van der Waals surface area contributed by atoms with Crippen molar-refractivity contribution >= 4 is 15.9 Å². The lowest BCUT2D eigenvalue weighted by Crippen LogP contribution is -2.41. The van der Waals surface area contributed by atoms with Crippen LogP contribution < -0.4 is 5.32 Å².